The van der Waals surface area contributed by atoms with Gasteiger partial charge in [-0.3, -0.25) is 9.55 Å². The highest BCUT2D eigenvalue weighted by Crippen LogP contribution is 2.39. The van der Waals surface area contributed by atoms with Crippen molar-refractivity contribution < 1.29 is 39.2 Å². The molecule has 0 saturated carbocycles. The second-order valence-corrected chi connectivity index (χ2v) is 9.83. The van der Waals surface area contributed by atoms with Gasteiger partial charge in [0.15, 0.2) is 23.6 Å². The number of hydrogen-bond donors (Lipinski definition) is 3. The number of nitrogens with zero attached hydrogens (tertiary/aromatic N) is 5. The van der Waals surface area contributed by atoms with Gasteiger partial charge < -0.3 is 24.8 Å². The minimum atomic E-state index is -2.18. The molecule has 4 aromatic rings. The maximum absolute atomic E-state index is 11.8. The third kappa shape index (κ3) is 7.10. The standard InChI is InChI=1S/C28H26ClN5O6.CO2/c1-2-28(38)21(15-39-20(26(36)37)13-17-7-4-3-5-8-17)40-25(23(28)35)34-16-31-22-19(32-27(29)33-24(22)34)11-10-18-9-6-12-30-14-18;2-1-3/h1,3-9,12,14,16,20-21,23,25,35,38H,10-11,13,15H2,(H,36,37);/t20?,21-,23+,25-,28-;/m1./s1. The number of aliphatic carboxylic acids is 1. The van der Waals surface area contributed by atoms with Crippen molar-refractivity contribution in [2.24, 2.45) is 0 Å². The molecule has 0 bridgehead atoms. The minimum Gasteiger partial charge on any atom is -0.479 e. The lowest BCUT2D eigenvalue weighted by Crippen LogP contribution is -2.48. The molecule has 0 amide bonds. The van der Waals surface area contributed by atoms with Crippen molar-refractivity contribution in [2.45, 2.75) is 49.4 Å². The zero-order valence-corrected chi connectivity index (χ0v) is 23.2. The maximum Gasteiger partial charge on any atom is 0.373 e. The second kappa shape index (κ2) is 14.1. The van der Waals surface area contributed by atoms with Gasteiger partial charge in [-0.1, -0.05) is 42.3 Å². The number of hydrogen-bond acceptors (Lipinski definition) is 11. The fourth-order valence-corrected chi connectivity index (χ4v) is 4.86. The first-order chi connectivity index (χ1) is 20.7. The molecule has 1 unspecified atom stereocenters. The van der Waals surface area contributed by atoms with E-state index in [-0.39, 0.29) is 23.5 Å². The predicted octanol–water partition coefficient (Wildman–Crippen LogP) is 1.41. The molecule has 4 heterocycles. The van der Waals surface area contributed by atoms with E-state index in [1.165, 1.54) is 10.9 Å². The summed E-state index contributed by atoms with van der Waals surface area (Å²) in [6.07, 6.45) is 6.63. The van der Waals surface area contributed by atoms with Gasteiger partial charge in [-0.15, -0.1) is 6.42 Å². The van der Waals surface area contributed by atoms with Crippen molar-refractivity contribution in [3.8, 4) is 12.3 Å². The third-order valence-corrected chi connectivity index (χ3v) is 7.02. The van der Waals surface area contributed by atoms with E-state index in [1.807, 2.05) is 18.2 Å². The van der Waals surface area contributed by atoms with E-state index in [1.54, 1.807) is 36.7 Å². The summed E-state index contributed by atoms with van der Waals surface area (Å²) in [4.78, 5) is 45.3. The number of carbonyl (C=O) groups excluding carboxylic acids is 2. The van der Waals surface area contributed by atoms with Crippen LogP contribution >= 0.6 is 11.6 Å². The van der Waals surface area contributed by atoms with Crippen molar-refractivity contribution in [1.29, 1.82) is 0 Å². The fourth-order valence-electron chi connectivity index (χ4n) is 4.68. The summed E-state index contributed by atoms with van der Waals surface area (Å²) in [7, 11) is 0. The van der Waals surface area contributed by atoms with Crippen LogP contribution in [0, 0.1) is 12.3 Å². The smallest absolute Gasteiger partial charge is 0.373 e. The van der Waals surface area contributed by atoms with Crippen LogP contribution in [0.25, 0.3) is 11.2 Å². The summed E-state index contributed by atoms with van der Waals surface area (Å²) in [6, 6.07) is 12.8. The number of benzene rings is 1. The Morgan fingerprint density at radius 1 is 1.16 bits per heavy atom. The molecule has 1 aromatic carbocycles. The summed E-state index contributed by atoms with van der Waals surface area (Å²) >= 11 is 6.23. The van der Waals surface area contributed by atoms with E-state index in [0.717, 1.165) is 11.1 Å². The fraction of sp³-hybridized carbons (Fsp3) is 0.310. The van der Waals surface area contributed by atoms with Crippen LogP contribution in [-0.4, -0.2) is 82.5 Å². The number of carbonyl (C=O) groups is 1. The van der Waals surface area contributed by atoms with Crippen molar-refractivity contribution in [3.63, 3.8) is 0 Å². The molecule has 3 aromatic heterocycles. The van der Waals surface area contributed by atoms with Crippen LogP contribution in [0.1, 0.15) is 23.0 Å². The highest BCUT2D eigenvalue weighted by atomic mass is 35.5. The number of halogens is 1. The number of fused-ring (bicyclic) bond motifs is 1. The Hall–Kier alpha value is -4.54. The lowest BCUT2D eigenvalue weighted by Gasteiger charge is -2.26. The van der Waals surface area contributed by atoms with Crippen LogP contribution in [0.2, 0.25) is 5.28 Å². The number of ether oxygens (including phenoxy) is 2. The molecule has 5 rings (SSSR count). The third-order valence-electron chi connectivity index (χ3n) is 6.85. The van der Waals surface area contributed by atoms with Crippen LogP contribution in [0.15, 0.2) is 61.2 Å². The van der Waals surface area contributed by atoms with Gasteiger partial charge in [-0.25, -0.2) is 14.8 Å². The van der Waals surface area contributed by atoms with Crippen LogP contribution in [0.4, 0.5) is 0 Å². The highest BCUT2D eigenvalue weighted by molar-refractivity contribution is 6.28. The van der Waals surface area contributed by atoms with E-state index in [4.69, 9.17) is 37.1 Å². The molecule has 1 saturated heterocycles. The van der Waals surface area contributed by atoms with E-state index < -0.39 is 42.7 Å². The normalized spacial score (nSPS) is 21.8. The zero-order valence-electron chi connectivity index (χ0n) is 22.5. The largest absolute Gasteiger partial charge is 0.479 e. The molecule has 3 N–H and O–H groups in total. The lowest BCUT2D eigenvalue weighted by atomic mass is 9.93. The van der Waals surface area contributed by atoms with E-state index >= 15 is 0 Å². The Morgan fingerprint density at radius 2 is 1.88 bits per heavy atom. The zero-order chi connectivity index (χ0) is 31.0. The predicted molar refractivity (Wildman–Crippen MR) is 148 cm³/mol. The Labute approximate surface area is 250 Å². The number of terminal acetylenes is 1. The first-order valence-electron chi connectivity index (χ1n) is 12.9. The second-order valence-electron chi connectivity index (χ2n) is 9.49. The van der Waals surface area contributed by atoms with E-state index in [9.17, 15) is 20.1 Å². The number of aryl methyl sites for hydroxylation is 2. The minimum absolute atomic E-state index is 0.0276. The first kappa shape index (κ1) is 31.4. The number of aromatic nitrogens is 5. The number of aliphatic hydroxyl groups is 2. The number of carboxylic acids is 1. The monoisotopic (exact) mass is 607 g/mol. The molecule has 0 aliphatic carbocycles. The Kier molecular flexibility index (Phi) is 10.3. The molecule has 14 heteroatoms. The van der Waals surface area contributed by atoms with Crippen molar-refractivity contribution in [1.82, 2.24) is 24.5 Å². The molecule has 0 radical (unpaired) electrons. The number of rotatable bonds is 10. The average molecular weight is 608 g/mol. The van der Waals surface area contributed by atoms with Gasteiger partial charge in [0.1, 0.15) is 17.7 Å². The quantitative estimate of drug-likeness (QED) is 0.174. The molecule has 1 aliphatic rings. The van der Waals surface area contributed by atoms with E-state index in [0.29, 0.717) is 24.1 Å². The molecular formula is C29H26ClN5O8. The molecule has 43 heavy (non-hydrogen) atoms. The van der Waals surface area contributed by atoms with E-state index in [2.05, 4.69) is 25.9 Å². The number of carboxylic acid groups (broad SMARTS) is 1. The van der Waals surface area contributed by atoms with Gasteiger partial charge >= 0.3 is 12.1 Å². The molecular weight excluding hydrogens is 582 g/mol. The molecule has 1 fully saturated rings. The van der Waals surface area contributed by atoms with Crippen LogP contribution in [0.5, 0.6) is 0 Å². The summed E-state index contributed by atoms with van der Waals surface area (Å²) < 4.78 is 13.0. The van der Waals surface area contributed by atoms with Gasteiger partial charge in [0, 0.05) is 18.8 Å². The van der Waals surface area contributed by atoms with Gasteiger partial charge in [-0.2, -0.15) is 14.6 Å². The Balaban J connectivity index is 0.00000135. The Morgan fingerprint density at radius 3 is 2.53 bits per heavy atom. The number of aliphatic hydroxyl groups excluding tert-OH is 1. The Bertz CT molecular complexity index is 1620. The van der Waals surface area contributed by atoms with Crippen LogP contribution in [-0.2, 0) is 43.1 Å². The van der Waals surface area contributed by atoms with Crippen molar-refractivity contribution in [2.75, 3.05) is 6.61 Å². The van der Waals surface area contributed by atoms with Gasteiger partial charge in [0.2, 0.25) is 5.28 Å². The SMILES string of the molecule is C#C[C@@]1(O)[C@@H](COC(Cc2ccccc2)C(=O)O)O[C@@H](n2cnc3c(CCc4cccnc4)nc(Cl)nc32)[C@@H]1O.O=C=O. The maximum atomic E-state index is 11.8. The first-order valence-corrected chi connectivity index (χ1v) is 13.3. The van der Waals surface area contributed by atoms with Gasteiger partial charge in [0.25, 0.3) is 0 Å². The molecule has 5 atom stereocenters. The number of pyridine rings is 1. The highest BCUT2D eigenvalue weighted by Gasteiger charge is 2.56. The summed E-state index contributed by atoms with van der Waals surface area (Å²) in [5.74, 6) is 1.01. The molecule has 13 nitrogen and oxygen atoms in total. The summed E-state index contributed by atoms with van der Waals surface area (Å²) in [5.41, 5.74) is 0.890. The molecule has 0 spiro atoms. The van der Waals surface area contributed by atoms with Crippen LogP contribution in [0.3, 0.4) is 0 Å². The summed E-state index contributed by atoms with van der Waals surface area (Å²) in [5, 5.41) is 31.9. The van der Waals surface area contributed by atoms with Crippen molar-refractivity contribution >= 4 is 34.9 Å². The topological polar surface area (TPSA) is 187 Å². The molecule has 1 aliphatic heterocycles. The number of imidazole rings is 1. The average Bonchev–Trinajstić information content (AvgIpc) is 3.53. The lowest BCUT2D eigenvalue weighted by molar-refractivity contribution is -0.191. The molecule has 222 valence electrons. The van der Waals surface area contributed by atoms with Gasteiger partial charge in [-0.05, 0) is 41.6 Å². The van der Waals surface area contributed by atoms with Crippen molar-refractivity contribution in [3.05, 3.63) is 83.3 Å². The van der Waals surface area contributed by atoms with Crippen LogP contribution < -0.4 is 0 Å². The summed E-state index contributed by atoms with van der Waals surface area (Å²) in [6.45, 7) is -0.392. The van der Waals surface area contributed by atoms with Gasteiger partial charge in [0.05, 0.1) is 18.6 Å².